The summed E-state index contributed by atoms with van der Waals surface area (Å²) in [4.78, 5) is 2.61. The predicted molar refractivity (Wildman–Crippen MR) is 51.4 cm³/mol. The van der Waals surface area contributed by atoms with Crippen molar-refractivity contribution < 1.29 is 30.4 Å². The highest BCUT2D eigenvalue weighted by atomic mass is 35.5. The molecule has 0 heterocycles. The maximum atomic E-state index is 12.1. The van der Waals surface area contributed by atoms with Crippen LogP contribution in [0, 0.1) is 5.39 Å². The second-order valence-corrected chi connectivity index (χ2v) is 3.17. The predicted octanol–water partition coefficient (Wildman–Crippen LogP) is 5.14. The third-order valence-electron chi connectivity index (χ3n) is 1.38. The first-order valence-corrected chi connectivity index (χ1v) is 4.42. The van der Waals surface area contributed by atoms with E-state index in [0.29, 0.717) is 6.07 Å². The summed E-state index contributed by atoms with van der Waals surface area (Å²) in [6, 6.07) is 2.51. The van der Waals surface area contributed by atoms with Crippen LogP contribution in [0.3, 0.4) is 0 Å². The second-order valence-electron chi connectivity index (χ2n) is 2.76. The van der Waals surface area contributed by atoms with Crippen LogP contribution in [-0.2, 0) is 6.18 Å². The van der Waals surface area contributed by atoms with Crippen molar-refractivity contribution in [1.29, 1.82) is 5.39 Å². The van der Waals surface area contributed by atoms with E-state index in [1.807, 2.05) is 0 Å². The normalized spacial score (nSPS) is 11.3. The molecule has 0 spiro atoms. The van der Waals surface area contributed by atoms with Crippen LogP contribution in [-0.4, -0.2) is 7.25 Å². The molecule has 11 heteroatoms. The summed E-state index contributed by atoms with van der Waals surface area (Å²) in [5, 5.41) is 8.25. The highest BCUT2D eigenvalue weighted by molar-refractivity contribution is 6.50. The Kier molecular flexibility index (Phi) is 5.41. The van der Waals surface area contributed by atoms with E-state index in [-0.39, 0.29) is 10.7 Å². The van der Waals surface area contributed by atoms with Gasteiger partial charge in [0.05, 0.1) is 5.56 Å². The summed E-state index contributed by atoms with van der Waals surface area (Å²) in [5.74, 6) is 0. The standard InChI is InChI=1S/C7H3ClF3N2.BF4/c8-5-2-1-4(7(9,10)11)3-6(5)13-12;2-1(3,4)5/h1-3H;/q+1;-1. The van der Waals surface area contributed by atoms with Crippen LogP contribution in [0.4, 0.5) is 36.1 Å². The molecule has 1 rings (SSSR count). The van der Waals surface area contributed by atoms with Crippen LogP contribution >= 0.6 is 11.6 Å². The Morgan fingerprint density at radius 1 is 1.11 bits per heavy atom. The summed E-state index contributed by atoms with van der Waals surface area (Å²) >= 11 is 5.43. The van der Waals surface area contributed by atoms with E-state index < -0.39 is 19.0 Å². The van der Waals surface area contributed by atoms with Gasteiger partial charge >= 0.3 is 19.1 Å². The van der Waals surface area contributed by atoms with Crippen LogP contribution in [0.15, 0.2) is 18.2 Å². The molecule has 18 heavy (non-hydrogen) atoms. The second kappa shape index (κ2) is 5.90. The van der Waals surface area contributed by atoms with Gasteiger partial charge in [-0.15, -0.1) is 0 Å². The number of alkyl halides is 3. The van der Waals surface area contributed by atoms with E-state index >= 15 is 0 Å². The Morgan fingerprint density at radius 2 is 1.56 bits per heavy atom. The fraction of sp³-hybridized carbons (Fsp3) is 0.143. The molecule has 100 valence electrons. The van der Waals surface area contributed by atoms with Crippen molar-refractivity contribution in [3.63, 3.8) is 0 Å². The molecule has 0 saturated heterocycles. The van der Waals surface area contributed by atoms with E-state index in [1.165, 1.54) is 0 Å². The molecule has 0 atom stereocenters. The first-order valence-electron chi connectivity index (χ1n) is 4.04. The van der Waals surface area contributed by atoms with Gasteiger partial charge in [-0.3, -0.25) is 0 Å². The Hall–Kier alpha value is -1.50. The number of benzene rings is 1. The monoisotopic (exact) mass is 294 g/mol. The van der Waals surface area contributed by atoms with Crippen LogP contribution < -0.4 is 0 Å². The maximum absolute atomic E-state index is 12.1. The summed E-state index contributed by atoms with van der Waals surface area (Å²) in [5.41, 5.74) is -1.19. The van der Waals surface area contributed by atoms with E-state index in [4.69, 9.17) is 17.0 Å². The average molecular weight is 294 g/mol. The lowest BCUT2D eigenvalue weighted by atomic mass is 10.2. The van der Waals surface area contributed by atoms with Crippen molar-refractivity contribution in [2.75, 3.05) is 0 Å². The largest absolute Gasteiger partial charge is 0.673 e. The fourth-order valence-corrected chi connectivity index (χ4v) is 0.921. The van der Waals surface area contributed by atoms with E-state index in [9.17, 15) is 30.4 Å². The molecule has 0 aliphatic heterocycles. The fourth-order valence-electron chi connectivity index (χ4n) is 0.766. The molecule has 0 unspecified atom stereocenters. The summed E-state index contributed by atoms with van der Waals surface area (Å²) in [6.45, 7) is 0. The SMILES string of the molecule is F[B-](F)(F)F.N#[N+]c1cc(C(F)(F)F)ccc1Cl. The molecular formula is C7H3BClF7N2. The summed E-state index contributed by atoms with van der Waals surface area (Å²) < 4.78 is 75.2. The van der Waals surface area contributed by atoms with Gasteiger partial charge in [0.2, 0.25) is 5.39 Å². The summed E-state index contributed by atoms with van der Waals surface area (Å²) in [7, 11) is -6.00. The Labute approximate surface area is 101 Å². The smallest absolute Gasteiger partial charge is 0.418 e. The molecule has 0 amide bonds. The first-order chi connectivity index (χ1) is 7.95. The van der Waals surface area contributed by atoms with Crippen LogP contribution in [0.25, 0.3) is 4.98 Å². The molecule has 0 bridgehead atoms. The van der Waals surface area contributed by atoms with Gasteiger partial charge in [0.25, 0.3) is 0 Å². The van der Waals surface area contributed by atoms with E-state index in [2.05, 4.69) is 4.98 Å². The van der Waals surface area contributed by atoms with Crippen LogP contribution in [0.2, 0.25) is 5.02 Å². The molecule has 0 aromatic heterocycles. The molecule has 0 fully saturated rings. The number of rotatable bonds is 0. The van der Waals surface area contributed by atoms with Gasteiger partial charge in [-0.2, -0.15) is 13.2 Å². The molecule has 0 aliphatic rings. The minimum atomic E-state index is -6.00. The Bertz CT molecular complexity index is 445. The zero-order valence-electron chi connectivity index (χ0n) is 8.23. The molecule has 1 aromatic carbocycles. The molecule has 2 nitrogen and oxygen atoms in total. The number of hydrogen-bond donors (Lipinski definition) is 0. The van der Waals surface area contributed by atoms with Crippen molar-refractivity contribution >= 4 is 24.5 Å². The van der Waals surface area contributed by atoms with Gasteiger partial charge in [-0.1, -0.05) is 11.6 Å². The van der Waals surface area contributed by atoms with Crippen molar-refractivity contribution in [2.24, 2.45) is 0 Å². The molecule has 0 N–H and O–H groups in total. The Morgan fingerprint density at radius 3 is 1.89 bits per heavy atom. The maximum Gasteiger partial charge on any atom is 0.673 e. The minimum Gasteiger partial charge on any atom is -0.418 e. The summed E-state index contributed by atoms with van der Waals surface area (Å²) in [6.07, 6.45) is -4.45. The van der Waals surface area contributed by atoms with Crippen molar-refractivity contribution in [1.82, 2.24) is 0 Å². The van der Waals surface area contributed by atoms with Crippen LogP contribution in [0.5, 0.6) is 0 Å². The zero-order chi connectivity index (χ0) is 14.6. The molecule has 1 aromatic rings. The Balaban J connectivity index is 0.000000494. The van der Waals surface area contributed by atoms with Gasteiger partial charge in [0.1, 0.15) is 5.02 Å². The topological polar surface area (TPSA) is 28.1 Å². The zero-order valence-corrected chi connectivity index (χ0v) is 8.98. The number of diazo groups is 1. The lowest BCUT2D eigenvalue weighted by molar-refractivity contribution is -0.137. The molecule has 0 radical (unpaired) electrons. The molecular weight excluding hydrogens is 291 g/mol. The number of hydrogen-bond acceptors (Lipinski definition) is 1. The van der Waals surface area contributed by atoms with E-state index in [1.54, 1.807) is 0 Å². The number of nitrogens with zero attached hydrogens (tertiary/aromatic N) is 2. The first kappa shape index (κ1) is 16.5. The van der Waals surface area contributed by atoms with E-state index in [0.717, 1.165) is 12.1 Å². The van der Waals surface area contributed by atoms with Crippen molar-refractivity contribution in [3.05, 3.63) is 33.8 Å². The third kappa shape index (κ3) is 6.95. The van der Waals surface area contributed by atoms with Gasteiger partial charge in [0, 0.05) is 6.07 Å². The minimum absolute atomic E-state index is 0.0319. The van der Waals surface area contributed by atoms with Gasteiger partial charge < -0.3 is 17.3 Å². The molecule has 0 aliphatic carbocycles. The van der Waals surface area contributed by atoms with Crippen molar-refractivity contribution in [2.45, 2.75) is 6.18 Å². The van der Waals surface area contributed by atoms with Gasteiger partial charge in [-0.25, -0.2) is 0 Å². The van der Waals surface area contributed by atoms with Gasteiger partial charge in [0.15, 0.2) is 4.98 Å². The average Bonchev–Trinajstić information content (AvgIpc) is 2.14. The third-order valence-corrected chi connectivity index (χ3v) is 1.70. The highest BCUT2D eigenvalue weighted by Crippen LogP contribution is 2.34. The quantitative estimate of drug-likeness (QED) is 0.370. The lowest BCUT2D eigenvalue weighted by Gasteiger charge is -2.03. The van der Waals surface area contributed by atoms with Gasteiger partial charge in [-0.05, 0) is 12.1 Å². The molecule has 0 saturated carbocycles. The highest BCUT2D eigenvalue weighted by Gasteiger charge is 2.32. The number of halogens is 8. The lowest BCUT2D eigenvalue weighted by Crippen LogP contribution is -2.03. The van der Waals surface area contributed by atoms with Crippen molar-refractivity contribution in [3.8, 4) is 0 Å². The van der Waals surface area contributed by atoms with Crippen LogP contribution in [0.1, 0.15) is 5.56 Å².